The molecule has 0 saturated heterocycles. The number of aliphatic hydroxyl groups excluding tert-OH is 1. The molecule has 0 saturated carbocycles. The van der Waals surface area contributed by atoms with Gasteiger partial charge in [0.2, 0.25) is 0 Å². The van der Waals surface area contributed by atoms with Gasteiger partial charge in [0.1, 0.15) is 0 Å². The largest absolute Gasteiger partial charge is 0.396 e. The Morgan fingerprint density at radius 1 is 1.47 bits per heavy atom. The molecule has 0 aliphatic heterocycles. The molecule has 0 aliphatic rings. The zero-order chi connectivity index (χ0) is 11.3. The third-order valence-electron chi connectivity index (χ3n) is 2.66. The van der Waals surface area contributed by atoms with Crippen molar-refractivity contribution in [1.29, 1.82) is 0 Å². The molecule has 0 aliphatic carbocycles. The fraction of sp³-hybridized carbons (Fsp3) is 0.667. The fourth-order valence-electron chi connectivity index (χ4n) is 1.54. The van der Waals surface area contributed by atoms with Crippen molar-refractivity contribution in [3.8, 4) is 0 Å². The molecule has 0 fully saturated rings. The lowest BCUT2D eigenvalue weighted by Gasteiger charge is -2.25. The zero-order valence-electron chi connectivity index (χ0n) is 9.84. The monoisotopic (exact) mass is 227 g/mol. The Morgan fingerprint density at radius 2 is 2.20 bits per heavy atom. The first-order valence-corrected chi connectivity index (χ1v) is 6.32. The van der Waals surface area contributed by atoms with Crippen LogP contribution in [0.5, 0.6) is 0 Å². The quantitative estimate of drug-likeness (QED) is 0.782. The van der Waals surface area contributed by atoms with Crippen LogP contribution in [-0.2, 0) is 6.42 Å². The van der Waals surface area contributed by atoms with Gasteiger partial charge < -0.3 is 10.4 Å². The fourth-order valence-corrected chi connectivity index (χ4v) is 2.45. The summed E-state index contributed by atoms with van der Waals surface area (Å²) in [6.45, 7) is 7.64. The number of hydrogen-bond acceptors (Lipinski definition) is 3. The van der Waals surface area contributed by atoms with Crippen LogP contribution in [0.4, 0.5) is 0 Å². The van der Waals surface area contributed by atoms with Crippen molar-refractivity contribution in [2.75, 3.05) is 13.2 Å². The smallest absolute Gasteiger partial charge is 0.0448 e. The Labute approximate surface area is 96.3 Å². The molecule has 0 unspecified atom stereocenters. The van der Waals surface area contributed by atoms with E-state index in [1.165, 1.54) is 10.4 Å². The molecular formula is C12H21NOS. The molecule has 3 heteroatoms. The van der Waals surface area contributed by atoms with Gasteiger partial charge in [0.15, 0.2) is 0 Å². The summed E-state index contributed by atoms with van der Waals surface area (Å²) in [6, 6.07) is 2.17. The van der Waals surface area contributed by atoms with Crippen molar-refractivity contribution in [3.63, 3.8) is 0 Å². The Hall–Kier alpha value is -0.380. The number of rotatable bonds is 6. The Balaban J connectivity index is 2.30. The summed E-state index contributed by atoms with van der Waals surface area (Å²) in [5.41, 5.74) is 1.43. The second-order valence-corrected chi connectivity index (χ2v) is 5.56. The summed E-state index contributed by atoms with van der Waals surface area (Å²) < 4.78 is 0. The maximum Gasteiger partial charge on any atom is 0.0448 e. The van der Waals surface area contributed by atoms with E-state index in [9.17, 15) is 0 Å². The van der Waals surface area contributed by atoms with Gasteiger partial charge in [-0.3, -0.25) is 0 Å². The molecule has 0 atom stereocenters. The molecule has 0 spiro atoms. The van der Waals surface area contributed by atoms with Gasteiger partial charge in [-0.25, -0.2) is 0 Å². The lowest BCUT2D eigenvalue weighted by Crippen LogP contribution is -2.41. The molecule has 0 aromatic carbocycles. The van der Waals surface area contributed by atoms with E-state index in [-0.39, 0.29) is 12.1 Å². The number of aryl methyl sites for hydroxylation is 1. The van der Waals surface area contributed by atoms with Gasteiger partial charge in [0, 0.05) is 23.6 Å². The minimum Gasteiger partial charge on any atom is -0.396 e. The SMILES string of the molecule is Cc1ccsc1CCNC(C)(C)CCO. The minimum absolute atomic E-state index is 0.0416. The number of nitrogens with one attached hydrogen (secondary N) is 1. The summed E-state index contributed by atoms with van der Waals surface area (Å²) in [5, 5.41) is 14.5. The second-order valence-electron chi connectivity index (χ2n) is 4.56. The first-order valence-electron chi connectivity index (χ1n) is 5.44. The summed E-state index contributed by atoms with van der Waals surface area (Å²) in [7, 11) is 0. The van der Waals surface area contributed by atoms with Crippen LogP contribution in [0, 0.1) is 6.92 Å². The summed E-state index contributed by atoms with van der Waals surface area (Å²) in [6.07, 6.45) is 1.88. The van der Waals surface area contributed by atoms with Crippen LogP contribution in [0.25, 0.3) is 0 Å². The highest BCUT2D eigenvalue weighted by Gasteiger charge is 2.15. The minimum atomic E-state index is 0.0416. The van der Waals surface area contributed by atoms with Crippen molar-refractivity contribution in [3.05, 3.63) is 21.9 Å². The van der Waals surface area contributed by atoms with E-state index in [1.807, 2.05) is 11.3 Å². The first kappa shape index (κ1) is 12.7. The lowest BCUT2D eigenvalue weighted by molar-refractivity contribution is 0.232. The highest BCUT2D eigenvalue weighted by atomic mass is 32.1. The molecule has 2 nitrogen and oxygen atoms in total. The Kier molecular flexibility index (Phi) is 4.77. The molecule has 0 bridgehead atoms. The van der Waals surface area contributed by atoms with Gasteiger partial charge in [-0.05, 0) is 50.6 Å². The maximum absolute atomic E-state index is 8.89. The maximum atomic E-state index is 8.89. The van der Waals surface area contributed by atoms with E-state index >= 15 is 0 Å². The zero-order valence-corrected chi connectivity index (χ0v) is 10.7. The summed E-state index contributed by atoms with van der Waals surface area (Å²) >= 11 is 1.82. The second kappa shape index (κ2) is 5.64. The Morgan fingerprint density at radius 3 is 2.73 bits per heavy atom. The third kappa shape index (κ3) is 4.33. The number of thiophene rings is 1. The van der Waals surface area contributed by atoms with E-state index in [4.69, 9.17) is 5.11 Å². The van der Waals surface area contributed by atoms with E-state index in [0.717, 1.165) is 19.4 Å². The van der Waals surface area contributed by atoms with Crippen LogP contribution in [0.1, 0.15) is 30.7 Å². The average Bonchev–Trinajstić information content (AvgIpc) is 2.51. The standard InChI is InChI=1S/C12H21NOS/c1-10-5-9-15-11(10)4-7-13-12(2,3)6-8-14/h5,9,13-14H,4,6-8H2,1-3H3. The molecule has 2 N–H and O–H groups in total. The molecule has 1 rings (SSSR count). The topological polar surface area (TPSA) is 32.3 Å². The Bertz CT molecular complexity index is 294. The number of aliphatic hydroxyl groups is 1. The van der Waals surface area contributed by atoms with Gasteiger partial charge in [0.05, 0.1) is 0 Å². The van der Waals surface area contributed by atoms with Crippen LogP contribution in [0.2, 0.25) is 0 Å². The number of hydrogen-bond donors (Lipinski definition) is 2. The predicted octanol–water partition coefficient (Wildman–Crippen LogP) is 2.35. The highest BCUT2D eigenvalue weighted by Crippen LogP contribution is 2.16. The van der Waals surface area contributed by atoms with Crippen molar-refractivity contribution < 1.29 is 5.11 Å². The van der Waals surface area contributed by atoms with E-state index in [1.54, 1.807) is 0 Å². The van der Waals surface area contributed by atoms with Crippen molar-refractivity contribution in [1.82, 2.24) is 5.32 Å². The average molecular weight is 227 g/mol. The van der Waals surface area contributed by atoms with Crippen LogP contribution in [0.15, 0.2) is 11.4 Å². The van der Waals surface area contributed by atoms with E-state index in [0.29, 0.717) is 0 Å². The van der Waals surface area contributed by atoms with E-state index < -0.39 is 0 Å². The normalized spacial score (nSPS) is 12.0. The van der Waals surface area contributed by atoms with Gasteiger partial charge in [0.25, 0.3) is 0 Å². The van der Waals surface area contributed by atoms with Crippen LogP contribution >= 0.6 is 11.3 Å². The highest BCUT2D eigenvalue weighted by molar-refractivity contribution is 7.10. The molecule has 1 heterocycles. The molecular weight excluding hydrogens is 206 g/mol. The van der Waals surface area contributed by atoms with Gasteiger partial charge in [-0.15, -0.1) is 11.3 Å². The van der Waals surface area contributed by atoms with Crippen molar-refractivity contribution in [2.24, 2.45) is 0 Å². The first-order chi connectivity index (χ1) is 7.05. The van der Waals surface area contributed by atoms with Gasteiger partial charge >= 0.3 is 0 Å². The molecule has 0 amide bonds. The van der Waals surface area contributed by atoms with Crippen molar-refractivity contribution >= 4 is 11.3 Å². The van der Waals surface area contributed by atoms with Crippen LogP contribution in [-0.4, -0.2) is 23.8 Å². The van der Waals surface area contributed by atoms with Gasteiger partial charge in [-0.1, -0.05) is 0 Å². The molecule has 1 aromatic rings. The molecule has 0 radical (unpaired) electrons. The van der Waals surface area contributed by atoms with Crippen LogP contribution < -0.4 is 5.32 Å². The molecule has 1 aromatic heterocycles. The summed E-state index contributed by atoms with van der Waals surface area (Å²) in [4.78, 5) is 1.46. The third-order valence-corrected chi connectivity index (χ3v) is 3.74. The van der Waals surface area contributed by atoms with Gasteiger partial charge in [-0.2, -0.15) is 0 Å². The van der Waals surface area contributed by atoms with Crippen LogP contribution in [0.3, 0.4) is 0 Å². The molecule has 86 valence electrons. The lowest BCUT2D eigenvalue weighted by atomic mass is 10.0. The van der Waals surface area contributed by atoms with E-state index in [2.05, 4.69) is 37.5 Å². The summed E-state index contributed by atoms with van der Waals surface area (Å²) in [5.74, 6) is 0. The predicted molar refractivity (Wildman–Crippen MR) is 66.5 cm³/mol. The van der Waals surface area contributed by atoms with Crippen molar-refractivity contribution in [2.45, 2.75) is 39.2 Å². The molecule has 15 heavy (non-hydrogen) atoms.